The third-order valence-corrected chi connectivity index (χ3v) is 7.70. The summed E-state index contributed by atoms with van der Waals surface area (Å²) in [5, 5.41) is 16.4. The van der Waals surface area contributed by atoms with Gasteiger partial charge in [0.25, 0.3) is 0 Å². The Morgan fingerprint density at radius 3 is 2.62 bits per heavy atom. The van der Waals surface area contributed by atoms with Crippen LogP contribution < -0.4 is 5.73 Å². The standard InChI is InChI=1S/C27H27F2N3O2/c1-26-15-19-16-31-32(23-6-4-21(28)5-7-23)24(19)14-20(26)9-11-27(26,34)10-8-18-12-22(29)3-2-17(18)13-25(30)33/h2-7,12,14,16,34H,8-11,13,15H2,1H3,(H2,30,33)/t26-,27-/m0/s1. The lowest BCUT2D eigenvalue weighted by molar-refractivity contribution is -0.117. The number of primary amides is 1. The van der Waals surface area contributed by atoms with E-state index < -0.39 is 16.9 Å². The second kappa shape index (κ2) is 8.17. The Bertz CT molecular complexity index is 1300. The van der Waals surface area contributed by atoms with Crippen molar-refractivity contribution in [1.29, 1.82) is 0 Å². The molecule has 0 saturated heterocycles. The van der Waals surface area contributed by atoms with E-state index in [9.17, 15) is 18.7 Å². The van der Waals surface area contributed by atoms with Crippen LogP contribution in [0.2, 0.25) is 0 Å². The molecule has 0 spiro atoms. The van der Waals surface area contributed by atoms with Crippen molar-refractivity contribution >= 4 is 12.0 Å². The maximum absolute atomic E-state index is 13.9. The summed E-state index contributed by atoms with van der Waals surface area (Å²) >= 11 is 0. The molecule has 2 aliphatic rings. The van der Waals surface area contributed by atoms with Gasteiger partial charge in [0.2, 0.25) is 5.91 Å². The molecule has 3 aromatic rings. The molecule has 7 heteroatoms. The fraction of sp³-hybridized carbons (Fsp3) is 0.333. The van der Waals surface area contributed by atoms with E-state index in [1.54, 1.807) is 18.2 Å². The topological polar surface area (TPSA) is 81.1 Å². The Hall–Kier alpha value is -3.32. The number of aromatic nitrogens is 2. The maximum Gasteiger partial charge on any atom is 0.221 e. The number of hydrogen-bond acceptors (Lipinski definition) is 3. The van der Waals surface area contributed by atoms with Crippen LogP contribution in [0.5, 0.6) is 0 Å². The molecule has 34 heavy (non-hydrogen) atoms. The highest BCUT2D eigenvalue weighted by atomic mass is 19.1. The van der Waals surface area contributed by atoms with Crippen molar-refractivity contribution in [3.05, 3.63) is 88.3 Å². The molecule has 0 aliphatic heterocycles. The molecule has 0 bridgehead atoms. The van der Waals surface area contributed by atoms with Gasteiger partial charge >= 0.3 is 0 Å². The molecule has 2 aliphatic carbocycles. The molecule has 1 fully saturated rings. The summed E-state index contributed by atoms with van der Waals surface area (Å²) in [5.41, 5.74) is 9.22. The number of carbonyl (C=O) groups excluding carboxylic acids is 1. The number of nitrogens with two attached hydrogens (primary N) is 1. The largest absolute Gasteiger partial charge is 0.389 e. The molecule has 1 heterocycles. The zero-order valence-corrected chi connectivity index (χ0v) is 19.0. The van der Waals surface area contributed by atoms with Crippen LogP contribution in [0.25, 0.3) is 11.8 Å². The summed E-state index contributed by atoms with van der Waals surface area (Å²) in [5.74, 6) is -1.14. The molecule has 0 unspecified atom stereocenters. The lowest BCUT2D eigenvalue weighted by Crippen LogP contribution is -2.45. The number of aryl methyl sites for hydroxylation is 1. The van der Waals surface area contributed by atoms with E-state index in [1.807, 2.05) is 10.9 Å². The maximum atomic E-state index is 13.9. The number of benzene rings is 2. The minimum atomic E-state index is -0.981. The molecule has 176 valence electrons. The SMILES string of the molecule is C[C@]12Cc3cnn(-c4ccc(F)cc4)c3C=C1CC[C@@]2(O)CCc1cc(F)ccc1CC(N)=O. The monoisotopic (exact) mass is 463 g/mol. The predicted octanol–water partition coefficient (Wildman–Crippen LogP) is 4.28. The van der Waals surface area contributed by atoms with Crippen LogP contribution >= 0.6 is 0 Å². The highest BCUT2D eigenvalue weighted by Gasteiger charge is 2.54. The van der Waals surface area contributed by atoms with E-state index in [-0.39, 0.29) is 18.1 Å². The van der Waals surface area contributed by atoms with Gasteiger partial charge in [-0.3, -0.25) is 4.79 Å². The quantitative estimate of drug-likeness (QED) is 0.573. The Balaban J connectivity index is 1.42. The molecule has 5 nitrogen and oxygen atoms in total. The van der Waals surface area contributed by atoms with Crippen molar-refractivity contribution in [3.63, 3.8) is 0 Å². The molecule has 1 saturated carbocycles. The Labute approximate surface area is 196 Å². The Morgan fingerprint density at radius 2 is 1.88 bits per heavy atom. The molecule has 1 amide bonds. The number of carbonyl (C=O) groups is 1. The first kappa shape index (κ1) is 22.5. The molecule has 2 aromatic carbocycles. The van der Waals surface area contributed by atoms with E-state index in [4.69, 9.17) is 5.73 Å². The summed E-state index contributed by atoms with van der Waals surface area (Å²) < 4.78 is 29.1. The third kappa shape index (κ3) is 3.74. The summed E-state index contributed by atoms with van der Waals surface area (Å²) in [6.07, 6.45) is 6.83. The first-order valence-electron chi connectivity index (χ1n) is 11.5. The molecule has 2 atom stereocenters. The van der Waals surface area contributed by atoms with Crippen LogP contribution in [0.15, 0.2) is 54.2 Å². The van der Waals surface area contributed by atoms with Gasteiger partial charge in [0.15, 0.2) is 0 Å². The highest BCUT2D eigenvalue weighted by Crippen LogP contribution is 2.56. The van der Waals surface area contributed by atoms with Crippen LogP contribution in [0, 0.1) is 17.0 Å². The van der Waals surface area contributed by atoms with Gasteiger partial charge in [-0.2, -0.15) is 5.10 Å². The summed E-state index contributed by atoms with van der Waals surface area (Å²) in [4.78, 5) is 11.5. The van der Waals surface area contributed by atoms with Gasteiger partial charge in [-0.05, 0) is 91.3 Å². The molecular formula is C27H27F2N3O2. The van der Waals surface area contributed by atoms with Crippen molar-refractivity contribution < 1.29 is 18.7 Å². The average Bonchev–Trinajstić information content (AvgIpc) is 3.30. The Kier molecular flexibility index (Phi) is 5.40. The van der Waals surface area contributed by atoms with Crippen LogP contribution in [0.1, 0.15) is 48.6 Å². The summed E-state index contributed by atoms with van der Waals surface area (Å²) in [6.45, 7) is 2.08. The van der Waals surface area contributed by atoms with E-state index in [1.165, 1.54) is 24.3 Å². The zero-order chi connectivity index (χ0) is 24.1. The predicted molar refractivity (Wildman–Crippen MR) is 125 cm³/mol. The fourth-order valence-corrected chi connectivity index (χ4v) is 5.65. The third-order valence-electron chi connectivity index (χ3n) is 7.70. The van der Waals surface area contributed by atoms with Crippen molar-refractivity contribution in [3.8, 4) is 5.69 Å². The lowest BCUT2D eigenvalue weighted by Gasteiger charge is -2.42. The van der Waals surface area contributed by atoms with Crippen LogP contribution in [0.4, 0.5) is 8.78 Å². The first-order valence-corrected chi connectivity index (χ1v) is 11.5. The van der Waals surface area contributed by atoms with Crippen molar-refractivity contribution in [2.75, 3.05) is 0 Å². The van der Waals surface area contributed by atoms with Crippen LogP contribution in [-0.2, 0) is 24.1 Å². The number of halogens is 2. The molecular weight excluding hydrogens is 436 g/mol. The van der Waals surface area contributed by atoms with Gasteiger partial charge < -0.3 is 10.8 Å². The van der Waals surface area contributed by atoms with Gasteiger partial charge in [0.1, 0.15) is 11.6 Å². The zero-order valence-electron chi connectivity index (χ0n) is 19.0. The summed E-state index contributed by atoms with van der Waals surface area (Å²) in [6, 6.07) is 10.6. The second-order valence-electron chi connectivity index (χ2n) is 9.71. The lowest BCUT2D eigenvalue weighted by atomic mass is 9.65. The van der Waals surface area contributed by atoms with Crippen molar-refractivity contribution in [2.24, 2.45) is 11.1 Å². The molecule has 5 rings (SSSR count). The summed E-state index contributed by atoms with van der Waals surface area (Å²) in [7, 11) is 0. The Morgan fingerprint density at radius 1 is 1.15 bits per heavy atom. The van der Waals surface area contributed by atoms with Gasteiger partial charge in [0.05, 0.1) is 29.6 Å². The highest BCUT2D eigenvalue weighted by molar-refractivity contribution is 5.77. The number of amides is 1. The number of hydrogen-bond donors (Lipinski definition) is 2. The van der Waals surface area contributed by atoms with E-state index in [2.05, 4.69) is 18.1 Å². The molecule has 0 radical (unpaired) electrons. The van der Waals surface area contributed by atoms with Gasteiger partial charge in [0, 0.05) is 5.41 Å². The van der Waals surface area contributed by atoms with E-state index in [0.717, 1.165) is 28.9 Å². The van der Waals surface area contributed by atoms with Crippen LogP contribution in [-0.4, -0.2) is 26.4 Å². The van der Waals surface area contributed by atoms with Gasteiger partial charge in [-0.1, -0.05) is 18.6 Å². The first-order chi connectivity index (χ1) is 16.2. The van der Waals surface area contributed by atoms with Crippen LogP contribution in [0.3, 0.4) is 0 Å². The van der Waals surface area contributed by atoms with E-state index in [0.29, 0.717) is 36.8 Å². The number of fused-ring (bicyclic) bond motifs is 2. The number of nitrogens with zero attached hydrogens (tertiary/aromatic N) is 2. The molecule has 3 N–H and O–H groups in total. The van der Waals surface area contributed by atoms with Crippen molar-refractivity contribution in [2.45, 2.75) is 51.0 Å². The van der Waals surface area contributed by atoms with E-state index >= 15 is 0 Å². The minimum Gasteiger partial charge on any atom is -0.389 e. The average molecular weight is 464 g/mol. The number of aliphatic hydroxyl groups is 1. The van der Waals surface area contributed by atoms with Gasteiger partial charge in [-0.25, -0.2) is 13.5 Å². The smallest absolute Gasteiger partial charge is 0.221 e. The normalized spacial score (nSPS) is 23.4. The van der Waals surface area contributed by atoms with Gasteiger partial charge in [-0.15, -0.1) is 0 Å². The minimum absolute atomic E-state index is 0.0440. The van der Waals surface area contributed by atoms with Crippen molar-refractivity contribution in [1.82, 2.24) is 9.78 Å². The fourth-order valence-electron chi connectivity index (χ4n) is 5.65. The molecule has 1 aromatic heterocycles. The second-order valence-corrected chi connectivity index (χ2v) is 9.71. The number of rotatable bonds is 6.